The SMILES string of the molecule is CN1N=CN(C(Cl)(Cl)C(Cl)(Cl)Cl)C1C#N. The summed E-state index contributed by atoms with van der Waals surface area (Å²) in [6.45, 7) is 0. The van der Waals surface area contributed by atoms with Crippen molar-refractivity contribution in [3.05, 3.63) is 0 Å². The minimum atomic E-state index is -1.97. The zero-order valence-electron chi connectivity index (χ0n) is 7.33. The van der Waals surface area contributed by atoms with Crippen LogP contribution in [-0.4, -0.2) is 37.7 Å². The fourth-order valence-corrected chi connectivity index (χ4v) is 1.53. The predicted molar refractivity (Wildman–Crippen MR) is 62.2 cm³/mol. The fraction of sp³-hybridized carbons (Fsp3) is 0.667. The van der Waals surface area contributed by atoms with E-state index >= 15 is 0 Å². The van der Waals surface area contributed by atoms with Crippen molar-refractivity contribution in [3.63, 3.8) is 0 Å². The van der Waals surface area contributed by atoms with Crippen molar-refractivity contribution in [1.82, 2.24) is 9.91 Å². The molecule has 4 nitrogen and oxygen atoms in total. The molecule has 1 rings (SSSR count). The minimum Gasteiger partial charge on any atom is -0.291 e. The number of nitriles is 1. The van der Waals surface area contributed by atoms with Crippen LogP contribution in [0.3, 0.4) is 0 Å². The van der Waals surface area contributed by atoms with Gasteiger partial charge in [0, 0.05) is 7.05 Å². The highest BCUT2D eigenvalue weighted by atomic mass is 35.6. The van der Waals surface area contributed by atoms with Gasteiger partial charge in [-0.2, -0.15) is 10.4 Å². The quantitative estimate of drug-likeness (QED) is 0.552. The van der Waals surface area contributed by atoms with Gasteiger partial charge >= 0.3 is 0 Å². The summed E-state index contributed by atoms with van der Waals surface area (Å²) < 4.78 is -3.84. The number of nitrogens with zero attached hydrogens (tertiary/aromatic N) is 4. The van der Waals surface area contributed by atoms with Gasteiger partial charge in [-0.05, 0) is 0 Å². The van der Waals surface area contributed by atoms with Gasteiger partial charge in [-0.3, -0.25) is 9.91 Å². The third kappa shape index (κ3) is 2.32. The first-order chi connectivity index (χ1) is 6.71. The number of hydrazone groups is 1. The van der Waals surface area contributed by atoms with E-state index in [1.807, 2.05) is 6.07 Å². The fourth-order valence-electron chi connectivity index (χ4n) is 0.962. The van der Waals surface area contributed by atoms with Gasteiger partial charge in [0.1, 0.15) is 12.4 Å². The molecule has 0 fully saturated rings. The van der Waals surface area contributed by atoms with E-state index in [2.05, 4.69) is 5.10 Å². The molecular formula is C6H5Cl5N4. The first kappa shape index (κ1) is 13.3. The van der Waals surface area contributed by atoms with Crippen LogP contribution >= 0.6 is 58.0 Å². The maximum absolute atomic E-state index is 8.88. The maximum Gasteiger partial charge on any atom is 0.241 e. The molecule has 0 aromatic rings. The van der Waals surface area contributed by atoms with Crippen LogP contribution in [0.1, 0.15) is 0 Å². The summed E-state index contributed by atoms with van der Waals surface area (Å²) in [5, 5.41) is 14.0. The van der Waals surface area contributed by atoms with Gasteiger partial charge in [0.05, 0.1) is 0 Å². The topological polar surface area (TPSA) is 42.6 Å². The van der Waals surface area contributed by atoms with Gasteiger partial charge in [-0.25, -0.2) is 0 Å². The van der Waals surface area contributed by atoms with Crippen LogP contribution in [0.5, 0.6) is 0 Å². The van der Waals surface area contributed by atoms with Crippen LogP contribution in [-0.2, 0) is 0 Å². The first-order valence-electron chi connectivity index (χ1n) is 3.61. The molecule has 15 heavy (non-hydrogen) atoms. The zero-order valence-corrected chi connectivity index (χ0v) is 11.1. The number of hydrogen-bond donors (Lipinski definition) is 0. The van der Waals surface area contributed by atoms with Crippen LogP contribution in [0.15, 0.2) is 5.10 Å². The summed E-state index contributed by atoms with van der Waals surface area (Å²) in [6, 6.07) is 1.92. The van der Waals surface area contributed by atoms with Crippen molar-refractivity contribution in [2.24, 2.45) is 5.10 Å². The Morgan fingerprint density at radius 3 is 2.27 bits per heavy atom. The standard InChI is InChI=1S/C6H5Cl5N4/c1-14-4(2-12)15(3-13-14)6(10,11)5(7,8)9/h3-4H,1H3. The molecule has 0 amide bonds. The van der Waals surface area contributed by atoms with E-state index in [0.29, 0.717) is 0 Å². The van der Waals surface area contributed by atoms with Crippen LogP contribution in [0.2, 0.25) is 0 Å². The van der Waals surface area contributed by atoms with E-state index in [-0.39, 0.29) is 0 Å². The minimum absolute atomic E-state index is 0.810. The molecule has 0 radical (unpaired) electrons. The smallest absolute Gasteiger partial charge is 0.241 e. The van der Waals surface area contributed by atoms with Gasteiger partial charge in [0.25, 0.3) is 0 Å². The molecule has 1 unspecified atom stereocenters. The van der Waals surface area contributed by atoms with Gasteiger partial charge in [0.2, 0.25) is 14.4 Å². The third-order valence-corrected chi connectivity index (χ3v) is 4.11. The summed E-state index contributed by atoms with van der Waals surface area (Å²) in [5.74, 6) is 0. The molecule has 0 aliphatic carbocycles. The average Bonchev–Trinajstić information content (AvgIpc) is 2.44. The summed E-state index contributed by atoms with van der Waals surface area (Å²) in [6.07, 6.45) is 0.436. The lowest BCUT2D eigenvalue weighted by molar-refractivity contribution is 0.189. The van der Waals surface area contributed by atoms with Crippen molar-refractivity contribution >= 4 is 64.3 Å². The largest absolute Gasteiger partial charge is 0.291 e. The molecule has 1 heterocycles. The lowest BCUT2D eigenvalue weighted by atomic mass is 10.4. The number of hydrogen-bond acceptors (Lipinski definition) is 4. The molecule has 0 saturated heterocycles. The Hall–Kier alpha value is 0.210. The van der Waals surface area contributed by atoms with E-state index in [1.165, 1.54) is 11.3 Å². The molecule has 84 valence electrons. The third-order valence-electron chi connectivity index (χ3n) is 1.76. The highest BCUT2D eigenvalue weighted by Gasteiger charge is 2.54. The Kier molecular flexibility index (Phi) is 3.74. The Morgan fingerprint density at radius 2 is 1.87 bits per heavy atom. The first-order valence-corrected chi connectivity index (χ1v) is 5.50. The van der Waals surface area contributed by atoms with E-state index in [9.17, 15) is 0 Å². The molecule has 0 aromatic carbocycles. The van der Waals surface area contributed by atoms with E-state index in [4.69, 9.17) is 63.3 Å². The number of rotatable bonds is 1. The Balaban J connectivity index is 3.00. The summed E-state index contributed by atoms with van der Waals surface area (Å²) in [7, 11) is 1.58. The van der Waals surface area contributed by atoms with Crippen LogP contribution in [0.4, 0.5) is 0 Å². The van der Waals surface area contributed by atoms with Crippen LogP contribution in [0.25, 0.3) is 0 Å². The molecule has 0 spiro atoms. The van der Waals surface area contributed by atoms with Crippen molar-refractivity contribution in [1.29, 1.82) is 5.26 Å². The molecule has 0 N–H and O–H groups in total. The van der Waals surface area contributed by atoms with E-state index in [0.717, 1.165) is 4.90 Å². The van der Waals surface area contributed by atoms with Crippen molar-refractivity contribution in [2.45, 2.75) is 14.4 Å². The summed E-state index contributed by atoms with van der Waals surface area (Å²) in [4.78, 5) is 1.16. The second-order valence-corrected chi connectivity index (χ2v) is 6.32. The van der Waals surface area contributed by atoms with Gasteiger partial charge in [-0.15, -0.1) is 0 Å². The highest BCUT2D eigenvalue weighted by Crippen LogP contribution is 2.49. The normalized spacial score (nSPS) is 22.1. The monoisotopic (exact) mass is 308 g/mol. The van der Waals surface area contributed by atoms with Crippen molar-refractivity contribution in [2.75, 3.05) is 7.05 Å². The number of halogens is 5. The van der Waals surface area contributed by atoms with Gasteiger partial charge in [0.15, 0.2) is 0 Å². The molecule has 1 aliphatic rings. The molecule has 1 atom stereocenters. The molecule has 1 aliphatic heterocycles. The maximum atomic E-state index is 8.88. The highest BCUT2D eigenvalue weighted by molar-refractivity contribution is 6.75. The molecular weight excluding hydrogens is 305 g/mol. The molecule has 0 aromatic heterocycles. The van der Waals surface area contributed by atoms with Gasteiger partial charge < -0.3 is 0 Å². The average molecular weight is 310 g/mol. The van der Waals surface area contributed by atoms with Gasteiger partial charge in [-0.1, -0.05) is 58.0 Å². The Labute approximate surface area is 112 Å². The molecule has 9 heteroatoms. The van der Waals surface area contributed by atoms with Crippen molar-refractivity contribution < 1.29 is 0 Å². The Morgan fingerprint density at radius 1 is 1.33 bits per heavy atom. The van der Waals surface area contributed by atoms with E-state index < -0.39 is 14.4 Å². The second-order valence-electron chi connectivity index (χ2n) is 2.75. The summed E-state index contributed by atoms with van der Waals surface area (Å²) in [5.41, 5.74) is 0. The lowest BCUT2D eigenvalue weighted by Crippen LogP contribution is -2.53. The Bertz CT molecular complexity index is 316. The lowest BCUT2D eigenvalue weighted by Gasteiger charge is -2.37. The zero-order chi connectivity index (χ0) is 11.9. The number of alkyl halides is 5. The molecule has 0 bridgehead atoms. The van der Waals surface area contributed by atoms with Crippen LogP contribution < -0.4 is 0 Å². The molecule has 0 saturated carbocycles. The van der Waals surface area contributed by atoms with Crippen LogP contribution in [0, 0.1) is 11.3 Å². The summed E-state index contributed by atoms with van der Waals surface area (Å²) >= 11 is 28.6. The predicted octanol–water partition coefficient (Wildman–Crippen LogP) is 2.53. The second kappa shape index (κ2) is 4.23. The van der Waals surface area contributed by atoms with Crippen molar-refractivity contribution in [3.8, 4) is 6.07 Å². The van der Waals surface area contributed by atoms with E-state index in [1.54, 1.807) is 7.05 Å².